The highest BCUT2D eigenvalue weighted by molar-refractivity contribution is 4.87. The zero-order chi connectivity index (χ0) is 11.4. The Morgan fingerprint density at radius 2 is 1.87 bits per heavy atom. The van der Waals surface area contributed by atoms with Gasteiger partial charge in [-0.25, -0.2) is 0 Å². The molecule has 0 bridgehead atoms. The predicted octanol–water partition coefficient (Wildman–Crippen LogP) is 2.48. The molecule has 1 fully saturated rings. The van der Waals surface area contributed by atoms with E-state index in [0.29, 0.717) is 6.04 Å². The summed E-state index contributed by atoms with van der Waals surface area (Å²) in [6.45, 7) is 11.3. The Morgan fingerprint density at radius 3 is 2.33 bits per heavy atom. The summed E-state index contributed by atoms with van der Waals surface area (Å²) >= 11 is 0. The average Bonchev–Trinajstić information content (AvgIpc) is 2.60. The highest BCUT2D eigenvalue weighted by atomic mass is 15.2. The fraction of sp³-hybridized carbons (Fsp3) is 1.00. The van der Waals surface area contributed by atoms with E-state index in [1.807, 2.05) is 0 Å². The van der Waals surface area contributed by atoms with Crippen LogP contribution in [0.4, 0.5) is 0 Å². The van der Waals surface area contributed by atoms with Crippen LogP contribution in [0.3, 0.4) is 0 Å². The van der Waals surface area contributed by atoms with E-state index >= 15 is 0 Å². The third-order valence-electron chi connectivity index (χ3n) is 3.59. The minimum atomic E-state index is 0.657. The summed E-state index contributed by atoms with van der Waals surface area (Å²) in [5.41, 5.74) is 5.87. The third-order valence-corrected chi connectivity index (χ3v) is 3.59. The standard InChI is InChI=1S/C13H28N2/c1-10(2)9-15(11(3)4)13-7-5-6-12(13)8-14/h10-13H,5-9,14H2,1-4H3. The molecule has 0 aromatic heterocycles. The fourth-order valence-electron chi connectivity index (χ4n) is 2.88. The molecule has 1 aliphatic carbocycles. The summed E-state index contributed by atoms with van der Waals surface area (Å²) < 4.78 is 0. The number of hydrogen-bond acceptors (Lipinski definition) is 2. The maximum absolute atomic E-state index is 5.87. The Morgan fingerprint density at radius 1 is 1.20 bits per heavy atom. The Balaban J connectivity index is 2.61. The lowest BCUT2D eigenvalue weighted by Crippen LogP contribution is -2.46. The molecule has 15 heavy (non-hydrogen) atoms. The second-order valence-corrected chi connectivity index (χ2v) is 5.68. The van der Waals surface area contributed by atoms with Crippen molar-refractivity contribution in [3.05, 3.63) is 0 Å². The van der Waals surface area contributed by atoms with Gasteiger partial charge in [0.25, 0.3) is 0 Å². The van der Waals surface area contributed by atoms with Crippen molar-refractivity contribution in [2.75, 3.05) is 13.1 Å². The lowest BCUT2D eigenvalue weighted by atomic mass is 9.99. The van der Waals surface area contributed by atoms with Gasteiger partial charge in [0.2, 0.25) is 0 Å². The highest BCUT2D eigenvalue weighted by Crippen LogP contribution is 2.30. The van der Waals surface area contributed by atoms with E-state index in [2.05, 4.69) is 32.6 Å². The molecule has 0 aliphatic heterocycles. The molecule has 2 atom stereocenters. The van der Waals surface area contributed by atoms with Crippen molar-refractivity contribution < 1.29 is 0 Å². The molecule has 0 spiro atoms. The van der Waals surface area contributed by atoms with Gasteiger partial charge < -0.3 is 5.73 Å². The molecule has 0 aromatic carbocycles. The first-order valence-electron chi connectivity index (χ1n) is 6.52. The SMILES string of the molecule is CC(C)CN(C(C)C)C1CCCC1CN. The van der Waals surface area contributed by atoms with Gasteiger partial charge in [0.05, 0.1) is 0 Å². The number of nitrogens with zero attached hydrogens (tertiary/aromatic N) is 1. The molecule has 1 aliphatic rings. The molecule has 0 amide bonds. The molecule has 2 nitrogen and oxygen atoms in total. The van der Waals surface area contributed by atoms with Crippen molar-refractivity contribution in [1.29, 1.82) is 0 Å². The maximum atomic E-state index is 5.87. The smallest absolute Gasteiger partial charge is 0.0138 e. The minimum Gasteiger partial charge on any atom is -0.330 e. The van der Waals surface area contributed by atoms with E-state index < -0.39 is 0 Å². The van der Waals surface area contributed by atoms with E-state index in [4.69, 9.17) is 5.73 Å². The van der Waals surface area contributed by atoms with Crippen molar-refractivity contribution in [2.45, 2.75) is 59.0 Å². The molecule has 2 unspecified atom stereocenters. The first-order valence-corrected chi connectivity index (χ1v) is 6.52. The molecular formula is C13H28N2. The molecule has 1 saturated carbocycles. The molecule has 0 radical (unpaired) electrons. The van der Waals surface area contributed by atoms with Crippen LogP contribution in [0.15, 0.2) is 0 Å². The summed E-state index contributed by atoms with van der Waals surface area (Å²) in [5.74, 6) is 1.50. The Labute approximate surface area is 95.2 Å². The first kappa shape index (κ1) is 13.0. The van der Waals surface area contributed by atoms with Crippen molar-refractivity contribution in [1.82, 2.24) is 4.90 Å². The number of nitrogens with two attached hydrogens (primary N) is 1. The van der Waals surface area contributed by atoms with Gasteiger partial charge in [0.15, 0.2) is 0 Å². The van der Waals surface area contributed by atoms with Gasteiger partial charge in [-0.1, -0.05) is 20.3 Å². The van der Waals surface area contributed by atoms with E-state index in [0.717, 1.165) is 24.4 Å². The van der Waals surface area contributed by atoms with E-state index in [1.165, 1.54) is 25.8 Å². The van der Waals surface area contributed by atoms with E-state index in [9.17, 15) is 0 Å². The van der Waals surface area contributed by atoms with Gasteiger partial charge in [0.1, 0.15) is 0 Å². The van der Waals surface area contributed by atoms with Crippen molar-refractivity contribution in [2.24, 2.45) is 17.6 Å². The normalized spacial score (nSPS) is 27.2. The van der Waals surface area contributed by atoms with Crippen LogP contribution < -0.4 is 5.73 Å². The van der Waals surface area contributed by atoms with Crippen LogP contribution in [0.1, 0.15) is 47.0 Å². The lowest BCUT2D eigenvalue weighted by molar-refractivity contribution is 0.109. The molecule has 2 heteroatoms. The Kier molecular flexibility index (Phi) is 5.07. The summed E-state index contributed by atoms with van der Waals surface area (Å²) in [6, 6.07) is 1.40. The third kappa shape index (κ3) is 3.46. The predicted molar refractivity (Wildman–Crippen MR) is 66.9 cm³/mol. The van der Waals surface area contributed by atoms with Crippen LogP contribution in [0.5, 0.6) is 0 Å². The van der Waals surface area contributed by atoms with Crippen LogP contribution in [-0.4, -0.2) is 30.1 Å². The summed E-state index contributed by atoms with van der Waals surface area (Å²) in [4.78, 5) is 2.68. The fourth-order valence-corrected chi connectivity index (χ4v) is 2.88. The largest absolute Gasteiger partial charge is 0.330 e. The quantitative estimate of drug-likeness (QED) is 0.758. The van der Waals surface area contributed by atoms with Gasteiger partial charge in [0, 0.05) is 18.6 Å². The molecule has 90 valence electrons. The number of rotatable bonds is 5. The Bertz CT molecular complexity index is 177. The van der Waals surface area contributed by atoms with Crippen LogP contribution in [0, 0.1) is 11.8 Å². The average molecular weight is 212 g/mol. The monoisotopic (exact) mass is 212 g/mol. The van der Waals surface area contributed by atoms with Gasteiger partial charge in [-0.05, 0) is 45.1 Å². The lowest BCUT2D eigenvalue weighted by Gasteiger charge is -2.37. The van der Waals surface area contributed by atoms with Gasteiger partial charge in [-0.15, -0.1) is 0 Å². The minimum absolute atomic E-state index is 0.657. The zero-order valence-corrected chi connectivity index (χ0v) is 10.9. The molecule has 2 N–H and O–H groups in total. The molecule has 0 heterocycles. The van der Waals surface area contributed by atoms with E-state index in [1.54, 1.807) is 0 Å². The van der Waals surface area contributed by atoms with Gasteiger partial charge in [-0.2, -0.15) is 0 Å². The van der Waals surface area contributed by atoms with Gasteiger partial charge >= 0.3 is 0 Å². The number of hydrogen-bond donors (Lipinski definition) is 1. The summed E-state index contributed by atoms with van der Waals surface area (Å²) in [5, 5.41) is 0. The van der Waals surface area contributed by atoms with Gasteiger partial charge in [-0.3, -0.25) is 4.90 Å². The summed E-state index contributed by atoms with van der Waals surface area (Å²) in [6.07, 6.45) is 4.06. The van der Waals surface area contributed by atoms with Crippen LogP contribution in [-0.2, 0) is 0 Å². The second-order valence-electron chi connectivity index (χ2n) is 5.68. The van der Waals surface area contributed by atoms with Crippen LogP contribution in [0.2, 0.25) is 0 Å². The maximum Gasteiger partial charge on any atom is 0.0138 e. The molecule has 0 saturated heterocycles. The van der Waals surface area contributed by atoms with Crippen molar-refractivity contribution in [3.63, 3.8) is 0 Å². The Hall–Kier alpha value is -0.0800. The first-order chi connectivity index (χ1) is 7.06. The van der Waals surface area contributed by atoms with Crippen LogP contribution >= 0.6 is 0 Å². The topological polar surface area (TPSA) is 29.3 Å². The highest BCUT2D eigenvalue weighted by Gasteiger charge is 2.32. The van der Waals surface area contributed by atoms with Crippen molar-refractivity contribution in [3.8, 4) is 0 Å². The zero-order valence-electron chi connectivity index (χ0n) is 10.9. The summed E-state index contributed by atoms with van der Waals surface area (Å²) in [7, 11) is 0. The van der Waals surface area contributed by atoms with Crippen molar-refractivity contribution >= 4 is 0 Å². The molecule has 1 rings (SSSR count). The molecule has 0 aromatic rings. The second kappa shape index (κ2) is 5.86. The van der Waals surface area contributed by atoms with Crippen LogP contribution in [0.25, 0.3) is 0 Å². The molecular weight excluding hydrogens is 184 g/mol. The van der Waals surface area contributed by atoms with E-state index in [-0.39, 0.29) is 0 Å².